The van der Waals surface area contributed by atoms with Gasteiger partial charge in [-0.1, -0.05) is 12.1 Å². The van der Waals surface area contributed by atoms with Gasteiger partial charge in [0.25, 0.3) is 5.91 Å². The molecule has 0 aliphatic carbocycles. The molecule has 0 unspecified atom stereocenters. The van der Waals surface area contributed by atoms with Crippen LogP contribution >= 0.6 is 0 Å². The van der Waals surface area contributed by atoms with Gasteiger partial charge in [-0.2, -0.15) is 0 Å². The summed E-state index contributed by atoms with van der Waals surface area (Å²) in [6, 6.07) is 1.56. The smallest absolute Gasteiger partial charge is 0.273 e. The molecular weight excluding hydrogens is 258 g/mol. The lowest BCUT2D eigenvalue weighted by molar-refractivity contribution is 0.0920. The van der Waals surface area contributed by atoms with Gasteiger partial charge < -0.3 is 19.8 Å². The highest BCUT2D eigenvalue weighted by Gasteiger charge is 2.21. The van der Waals surface area contributed by atoms with E-state index in [9.17, 15) is 4.79 Å². The zero-order chi connectivity index (χ0) is 14.4. The number of rotatable bonds is 6. The van der Waals surface area contributed by atoms with Gasteiger partial charge in [-0.3, -0.25) is 4.79 Å². The summed E-state index contributed by atoms with van der Waals surface area (Å²) in [5.74, 6) is 0.681. The molecule has 1 saturated heterocycles. The summed E-state index contributed by atoms with van der Waals surface area (Å²) >= 11 is 0. The first-order valence-electron chi connectivity index (χ1n) is 7.21. The Balaban J connectivity index is 1.66. The topological polar surface area (TPSA) is 78.6 Å². The lowest BCUT2D eigenvalue weighted by Gasteiger charge is -2.33. The summed E-state index contributed by atoms with van der Waals surface area (Å²) in [6.07, 6.45) is 3.56. The molecule has 2 heterocycles. The fourth-order valence-corrected chi connectivity index (χ4v) is 2.53. The van der Waals surface area contributed by atoms with Crippen LogP contribution in [-0.4, -0.2) is 53.9 Å². The monoisotopic (exact) mass is 281 g/mol. The van der Waals surface area contributed by atoms with Crippen LogP contribution in [0, 0.1) is 11.8 Å². The van der Waals surface area contributed by atoms with E-state index in [2.05, 4.69) is 26.8 Å². The van der Waals surface area contributed by atoms with E-state index in [1.54, 1.807) is 6.07 Å². The number of carbonyl (C=O) groups is 1. The molecule has 2 N–H and O–H groups in total. The number of nitrogens with one attached hydrogen (secondary N) is 1. The molecule has 1 aliphatic heterocycles. The van der Waals surface area contributed by atoms with Gasteiger partial charge in [-0.25, -0.2) is 0 Å². The van der Waals surface area contributed by atoms with Crippen molar-refractivity contribution in [1.82, 2.24) is 15.4 Å². The summed E-state index contributed by atoms with van der Waals surface area (Å²) in [5.41, 5.74) is 0.333. The molecule has 0 radical (unpaired) electrons. The first-order valence-corrected chi connectivity index (χ1v) is 7.21. The number of hydrogen-bond donors (Lipinski definition) is 2. The molecule has 1 aromatic heterocycles. The second-order valence-electron chi connectivity index (χ2n) is 5.63. The minimum Gasteiger partial charge on any atom is -0.396 e. The average molecular weight is 281 g/mol. The number of carbonyl (C=O) groups excluding carboxylic acids is 1. The molecule has 6 heteroatoms. The minimum atomic E-state index is -0.171. The molecule has 1 aromatic rings. The van der Waals surface area contributed by atoms with Gasteiger partial charge in [0, 0.05) is 25.8 Å². The van der Waals surface area contributed by atoms with Crippen LogP contribution in [0.25, 0.3) is 0 Å². The summed E-state index contributed by atoms with van der Waals surface area (Å²) in [7, 11) is 0. The summed E-state index contributed by atoms with van der Waals surface area (Å²) in [6.45, 7) is 6.02. The van der Waals surface area contributed by atoms with E-state index < -0.39 is 0 Å². The van der Waals surface area contributed by atoms with Gasteiger partial charge in [0.1, 0.15) is 6.26 Å². The highest BCUT2D eigenvalue weighted by molar-refractivity contribution is 5.91. The highest BCUT2D eigenvalue weighted by Crippen LogP contribution is 2.17. The third-order valence-electron chi connectivity index (χ3n) is 3.81. The van der Waals surface area contributed by atoms with Gasteiger partial charge in [-0.15, -0.1) is 0 Å². The van der Waals surface area contributed by atoms with E-state index >= 15 is 0 Å². The molecule has 1 atom stereocenters. The van der Waals surface area contributed by atoms with Crippen molar-refractivity contribution in [2.75, 3.05) is 32.8 Å². The van der Waals surface area contributed by atoms with Crippen molar-refractivity contribution in [3.8, 4) is 0 Å². The molecule has 6 nitrogen and oxygen atoms in total. The number of amides is 1. The van der Waals surface area contributed by atoms with Crippen LogP contribution in [-0.2, 0) is 0 Å². The molecule has 0 bridgehead atoms. The molecule has 0 spiro atoms. The highest BCUT2D eigenvalue weighted by atomic mass is 16.5. The van der Waals surface area contributed by atoms with Crippen molar-refractivity contribution in [1.29, 1.82) is 0 Å². The zero-order valence-corrected chi connectivity index (χ0v) is 11.9. The van der Waals surface area contributed by atoms with Crippen LogP contribution in [0.1, 0.15) is 30.3 Å². The Kier molecular flexibility index (Phi) is 5.55. The van der Waals surface area contributed by atoms with Crippen molar-refractivity contribution < 1.29 is 14.4 Å². The third kappa shape index (κ3) is 4.31. The van der Waals surface area contributed by atoms with Crippen molar-refractivity contribution in [2.24, 2.45) is 11.8 Å². The van der Waals surface area contributed by atoms with Crippen LogP contribution in [0.2, 0.25) is 0 Å². The molecule has 0 aromatic carbocycles. The van der Waals surface area contributed by atoms with E-state index in [4.69, 9.17) is 5.11 Å². The quantitative estimate of drug-likeness (QED) is 0.804. The first-order chi connectivity index (χ1) is 9.69. The van der Waals surface area contributed by atoms with Gasteiger partial charge in [-0.05, 0) is 37.8 Å². The third-order valence-corrected chi connectivity index (χ3v) is 3.81. The maximum absolute atomic E-state index is 11.7. The number of hydrogen-bond acceptors (Lipinski definition) is 5. The standard InChI is InChI=1S/C14H23N3O3/c1-11(10-18)9-17-5-2-12(3-6-17)8-15-14(19)13-4-7-20-16-13/h4,7,11-12,18H,2-3,5-6,8-10H2,1H3,(H,15,19)/t11-/m1/s1. The van der Waals surface area contributed by atoms with E-state index in [0.717, 1.165) is 32.5 Å². The Labute approximate surface area is 119 Å². The summed E-state index contributed by atoms with van der Waals surface area (Å²) < 4.78 is 4.65. The van der Waals surface area contributed by atoms with Crippen LogP contribution in [0.3, 0.4) is 0 Å². The lowest BCUT2D eigenvalue weighted by atomic mass is 9.96. The van der Waals surface area contributed by atoms with Crippen LogP contribution in [0.15, 0.2) is 16.9 Å². The maximum atomic E-state index is 11.7. The molecule has 20 heavy (non-hydrogen) atoms. The van der Waals surface area contributed by atoms with Crippen molar-refractivity contribution in [3.63, 3.8) is 0 Å². The fourth-order valence-electron chi connectivity index (χ4n) is 2.53. The molecule has 112 valence electrons. The molecule has 1 fully saturated rings. The number of piperidine rings is 1. The summed E-state index contributed by atoms with van der Waals surface area (Å²) in [5, 5.41) is 15.6. The van der Waals surface area contributed by atoms with Crippen LogP contribution in [0.5, 0.6) is 0 Å². The molecular formula is C14H23N3O3. The summed E-state index contributed by atoms with van der Waals surface area (Å²) in [4.78, 5) is 14.1. The van der Waals surface area contributed by atoms with Gasteiger partial charge in [0.15, 0.2) is 5.69 Å². The minimum absolute atomic E-state index is 0.171. The molecule has 2 rings (SSSR count). The van der Waals surface area contributed by atoms with E-state index in [-0.39, 0.29) is 12.5 Å². The number of nitrogens with zero attached hydrogens (tertiary/aromatic N) is 2. The molecule has 1 amide bonds. The first kappa shape index (κ1) is 15.0. The lowest BCUT2D eigenvalue weighted by Crippen LogP contribution is -2.40. The van der Waals surface area contributed by atoms with Gasteiger partial charge >= 0.3 is 0 Å². The SMILES string of the molecule is C[C@@H](CO)CN1CCC(CNC(=O)c2ccon2)CC1. The Hall–Kier alpha value is -1.40. The van der Waals surface area contributed by atoms with Crippen LogP contribution in [0.4, 0.5) is 0 Å². The number of aliphatic hydroxyl groups excluding tert-OH is 1. The van der Waals surface area contributed by atoms with Crippen molar-refractivity contribution in [3.05, 3.63) is 18.0 Å². The van der Waals surface area contributed by atoms with E-state index in [1.165, 1.54) is 6.26 Å². The second-order valence-corrected chi connectivity index (χ2v) is 5.63. The largest absolute Gasteiger partial charge is 0.396 e. The Bertz CT molecular complexity index is 400. The number of aromatic nitrogens is 1. The molecule has 0 saturated carbocycles. The van der Waals surface area contributed by atoms with E-state index in [0.29, 0.717) is 24.1 Å². The van der Waals surface area contributed by atoms with Gasteiger partial charge in [0.05, 0.1) is 0 Å². The number of aliphatic hydroxyl groups is 1. The predicted octanol–water partition coefficient (Wildman–Crippen LogP) is 0.745. The maximum Gasteiger partial charge on any atom is 0.273 e. The van der Waals surface area contributed by atoms with Crippen molar-refractivity contribution in [2.45, 2.75) is 19.8 Å². The van der Waals surface area contributed by atoms with Crippen LogP contribution < -0.4 is 5.32 Å². The Morgan fingerprint density at radius 1 is 1.60 bits per heavy atom. The zero-order valence-electron chi connectivity index (χ0n) is 11.9. The normalized spacial score (nSPS) is 18.9. The average Bonchev–Trinajstić information content (AvgIpc) is 3.00. The van der Waals surface area contributed by atoms with Gasteiger partial charge in [0.2, 0.25) is 0 Å². The second kappa shape index (κ2) is 7.40. The fraction of sp³-hybridized carbons (Fsp3) is 0.714. The Morgan fingerprint density at radius 3 is 2.95 bits per heavy atom. The Morgan fingerprint density at radius 2 is 2.35 bits per heavy atom. The van der Waals surface area contributed by atoms with E-state index in [1.807, 2.05) is 0 Å². The molecule has 1 aliphatic rings. The van der Waals surface area contributed by atoms with Crippen molar-refractivity contribution >= 4 is 5.91 Å². The number of likely N-dealkylation sites (tertiary alicyclic amines) is 1. The predicted molar refractivity (Wildman–Crippen MR) is 74.3 cm³/mol.